The number of nitrogens with zero attached hydrogens (tertiary/aromatic N) is 2. The molecule has 0 saturated heterocycles. The van der Waals surface area contributed by atoms with Crippen LogP contribution < -0.4 is 0 Å². The summed E-state index contributed by atoms with van der Waals surface area (Å²) in [6.45, 7) is 0. The summed E-state index contributed by atoms with van der Waals surface area (Å²) in [6.07, 6.45) is 54.3. The molecular weight excluding hydrogens is 740 g/mol. The van der Waals surface area contributed by atoms with Crippen molar-refractivity contribution in [2.75, 3.05) is 0 Å². The van der Waals surface area contributed by atoms with Crippen LogP contribution in [0.1, 0.15) is 193 Å². The zero-order valence-corrected chi connectivity index (χ0v) is 35.3. The molecule has 50 heavy (non-hydrogen) atoms. The van der Waals surface area contributed by atoms with E-state index in [1.165, 1.54) is 193 Å². The molecule has 0 N–H and O–H groups in total. The van der Waals surface area contributed by atoms with E-state index in [0.29, 0.717) is 21.5 Å². The van der Waals surface area contributed by atoms with Gasteiger partial charge >= 0.3 is 0 Å². The molecule has 4 heteroatoms. The van der Waals surface area contributed by atoms with Crippen molar-refractivity contribution in [1.29, 1.82) is 0 Å². The van der Waals surface area contributed by atoms with Crippen molar-refractivity contribution in [1.82, 2.24) is 9.80 Å². The van der Waals surface area contributed by atoms with Gasteiger partial charge in [-0.3, -0.25) is 9.80 Å². The molecule has 4 atom stereocenters. The first-order valence-corrected chi connectivity index (χ1v) is 24.6. The van der Waals surface area contributed by atoms with Crippen molar-refractivity contribution in [3.8, 4) is 0 Å². The predicted molar refractivity (Wildman–Crippen MR) is 223 cm³/mol. The molecule has 2 nitrogen and oxygen atoms in total. The highest BCUT2D eigenvalue weighted by atomic mass is 79.9. The minimum Gasteiger partial charge on any atom is -0.294 e. The SMILES string of the molecule is BrC1CC(/C=C/C2CCC(N(C3CCCCC3)C3CCCCC3)CC2)C(Br)CC1C=CC1CCC(N(C2CCCCC2)C2CCCCC2)CC1. The fraction of sp³-hybridized carbons (Fsp3) is 0.913. The van der Waals surface area contributed by atoms with Gasteiger partial charge in [0.1, 0.15) is 0 Å². The second-order valence-corrected chi connectivity index (χ2v) is 21.2. The molecule has 0 radical (unpaired) electrons. The summed E-state index contributed by atoms with van der Waals surface area (Å²) in [5.74, 6) is 2.95. The molecule has 0 amide bonds. The number of hydrogen-bond donors (Lipinski definition) is 0. The standard InChI is InChI=1S/C46H76Br2N2/c47-45-34-38(28-22-36-25-31-44(32-26-36)50(41-17-9-3-10-18-41)42-19-11-4-12-20-42)46(48)33-37(45)27-21-35-23-29-43(30-24-35)49(39-13-5-1-6-14-39)40-15-7-2-8-16-40/h21-22,27-28,35-46H,1-20,23-26,29-34H2/b27-21+,28-22?. The van der Waals surface area contributed by atoms with Gasteiger partial charge in [0, 0.05) is 45.9 Å². The minimum absolute atomic E-state index is 0.613. The zero-order valence-electron chi connectivity index (χ0n) is 32.1. The van der Waals surface area contributed by atoms with Gasteiger partial charge in [0.2, 0.25) is 0 Å². The first-order chi connectivity index (χ1) is 24.6. The lowest BCUT2D eigenvalue weighted by Crippen LogP contribution is -2.51. The highest BCUT2D eigenvalue weighted by Crippen LogP contribution is 2.43. The molecule has 4 unspecified atom stereocenters. The van der Waals surface area contributed by atoms with Crippen LogP contribution in [0.4, 0.5) is 0 Å². The maximum atomic E-state index is 4.21. The lowest BCUT2D eigenvalue weighted by molar-refractivity contribution is 0.0181. The van der Waals surface area contributed by atoms with Crippen LogP contribution in [0.15, 0.2) is 24.3 Å². The smallest absolute Gasteiger partial charge is 0.0214 e. The number of alkyl halides is 2. The Balaban J connectivity index is 0.859. The molecule has 7 aliphatic rings. The van der Waals surface area contributed by atoms with Gasteiger partial charge in [-0.05, 0) is 139 Å². The molecule has 0 aliphatic heterocycles. The Hall–Kier alpha value is 0.360. The monoisotopic (exact) mass is 814 g/mol. The van der Waals surface area contributed by atoms with E-state index in [1.807, 2.05) is 0 Å². The molecule has 7 fully saturated rings. The van der Waals surface area contributed by atoms with Gasteiger partial charge in [0.05, 0.1) is 0 Å². The summed E-state index contributed by atoms with van der Waals surface area (Å²) in [5.41, 5.74) is 0. The summed E-state index contributed by atoms with van der Waals surface area (Å²) >= 11 is 8.42. The topological polar surface area (TPSA) is 6.48 Å². The Morgan fingerprint density at radius 3 is 0.840 bits per heavy atom. The van der Waals surface area contributed by atoms with E-state index >= 15 is 0 Å². The Morgan fingerprint density at radius 2 is 0.560 bits per heavy atom. The number of halogens is 2. The maximum absolute atomic E-state index is 4.21. The second kappa shape index (κ2) is 19.8. The lowest BCUT2D eigenvalue weighted by Gasteiger charge is -2.48. The van der Waals surface area contributed by atoms with Crippen LogP contribution in [0.25, 0.3) is 0 Å². The summed E-state index contributed by atoms with van der Waals surface area (Å²) in [7, 11) is 0. The molecule has 0 aromatic heterocycles. The first-order valence-electron chi connectivity index (χ1n) is 22.8. The van der Waals surface area contributed by atoms with Gasteiger partial charge in [-0.1, -0.05) is 133 Å². The van der Waals surface area contributed by atoms with Crippen LogP contribution in [-0.2, 0) is 0 Å². The average Bonchev–Trinajstić information content (AvgIpc) is 3.17. The van der Waals surface area contributed by atoms with Crippen molar-refractivity contribution >= 4 is 31.9 Å². The van der Waals surface area contributed by atoms with E-state index in [0.717, 1.165) is 48.1 Å². The zero-order chi connectivity index (χ0) is 34.1. The van der Waals surface area contributed by atoms with Crippen molar-refractivity contribution < 1.29 is 0 Å². The number of rotatable bonds is 10. The fourth-order valence-corrected chi connectivity index (χ4v) is 14.3. The van der Waals surface area contributed by atoms with E-state index in [1.54, 1.807) is 0 Å². The van der Waals surface area contributed by atoms with Crippen LogP contribution in [0.5, 0.6) is 0 Å². The Morgan fingerprint density at radius 1 is 0.300 bits per heavy atom. The lowest BCUT2D eigenvalue weighted by atomic mass is 9.78. The summed E-state index contributed by atoms with van der Waals surface area (Å²) in [4.78, 5) is 7.52. The molecular formula is C46H76Br2N2. The van der Waals surface area contributed by atoms with Gasteiger partial charge in [0.25, 0.3) is 0 Å². The van der Waals surface area contributed by atoms with Crippen LogP contribution in [0.3, 0.4) is 0 Å². The Bertz CT molecular complexity index is 901. The van der Waals surface area contributed by atoms with E-state index in [4.69, 9.17) is 0 Å². The van der Waals surface area contributed by atoms with Gasteiger partial charge < -0.3 is 0 Å². The third-order valence-corrected chi connectivity index (χ3v) is 17.6. The van der Waals surface area contributed by atoms with Crippen LogP contribution in [0.2, 0.25) is 0 Å². The minimum atomic E-state index is 0.613. The summed E-state index contributed by atoms with van der Waals surface area (Å²) in [5, 5.41) is 0. The molecule has 7 saturated carbocycles. The molecule has 7 rings (SSSR count). The number of hydrogen-bond acceptors (Lipinski definition) is 2. The van der Waals surface area contributed by atoms with Crippen molar-refractivity contribution in [2.45, 2.75) is 239 Å². The second-order valence-electron chi connectivity index (χ2n) is 18.8. The average molecular weight is 817 g/mol. The van der Waals surface area contributed by atoms with Gasteiger partial charge in [-0.2, -0.15) is 0 Å². The van der Waals surface area contributed by atoms with Gasteiger partial charge in [-0.15, -0.1) is 0 Å². The third-order valence-electron chi connectivity index (χ3n) is 15.5. The highest BCUT2D eigenvalue weighted by molar-refractivity contribution is 9.10. The summed E-state index contributed by atoms with van der Waals surface area (Å²) in [6, 6.07) is 5.33. The predicted octanol–water partition coefficient (Wildman–Crippen LogP) is 13.7. The van der Waals surface area contributed by atoms with Gasteiger partial charge in [0.15, 0.2) is 0 Å². The quantitative estimate of drug-likeness (QED) is 0.160. The molecule has 0 aromatic rings. The van der Waals surface area contributed by atoms with Crippen LogP contribution in [-0.4, -0.2) is 55.7 Å². The Kier molecular flexibility index (Phi) is 15.3. The molecule has 0 bridgehead atoms. The van der Waals surface area contributed by atoms with E-state index < -0.39 is 0 Å². The fourth-order valence-electron chi connectivity index (χ4n) is 12.7. The summed E-state index contributed by atoms with van der Waals surface area (Å²) < 4.78 is 0. The highest BCUT2D eigenvalue weighted by Gasteiger charge is 2.38. The largest absolute Gasteiger partial charge is 0.294 e. The van der Waals surface area contributed by atoms with E-state index in [2.05, 4.69) is 66.0 Å². The van der Waals surface area contributed by atoms with Crippen molar-refractivity contribution in [3.63, 3.8) is 0 Å². The van der Waals surface area contributed by atoms with Crippen LogP contribution in [0, 0.1) is 23.7 Å². The van der Waals surface area contributed by atoms with Crippen LogP contribution >= 0.6 is 31.9 Å². The van der Waals surface area contributed by atoms with E-state index in [-0.39, 0.29) is 0 Å². The van der Waals surface area contributed by atoms with Crippen molar-refractivity contribution in [3.05, 3.63) is 24.3 Å². The molecule has 7 aliphatic carbocycles. The molecule has 0 spiro atoms. The van der Waals surface area contributed by atoms with Crippen molar-refractivity contribution in [2.24, 2.45) is 23.7 Å². The maximum Gasteiger partial charge on any atom is 0.0214 e. The molecule has 0 heterocycles. The third kappa shape index (κ3) is 10.4. The van der Waals surface area contributed by atoms with Gasteiger partial charge in [-0.25, -0.2) is 0 Å². The molecule has 0 aromatic carbocycles. The van der Waals surface area contributed by atoms with E-state index in [9.17, 15) is 0 Å². The first kappa shape index (κ1) is 38.6. The Labute approximate surface area is 326 Å². The number of allylic oxidation sites excluding steroid dienone is 4. The normalized spacial score (nSPS) is 38.5. The molecule has 284 valence electrons.